The molecule has 3 rings (SSSR count). The summed E-state index contributed by atoms with van der Waals surface area (Å²) in [5, 5.41) is 0. The zero-order valence-corrected chi connectivity index (χ0v) is 22.0. The normalized spacial score (nSPS) is 10.8. The monoisotopic (exact) mass is 487 g/mol. The zero-order chi connectivity index (χ0) is 25.4. The van der Waals surface area contributed by atoms with Crippen LogP contribution in [0.25, 0.3) is 11.3 Å². The maximum atomic E-state index is 12.5. The summed E-state index contributed by atoms with van der Waals surface area (Å²) >= 11 is 0. The standard InChI is InChI=1S/C32H41NO3/c1-3-5-7-8-9-10-12-24-35-30-22-23-31(33-25-30)27-18-20-29(21-19-27)36-32(34)28-16-14-26(15-17-28)13-11-6-4-2/h14-23,25H,3-13,24H2,1-2H3. The number of hydrogen-bond acceptors (Lipinski definition) is 4. The van der Waals surface area contributed by atoms with Gasteiger partial charge in [0.15, 0.2) is 0 Å². The average molecular weight is 488 g/mol. The summed E-state index contributed by atoms with van der Waals surface area (Å²) < 4.78 is 11.4. The number of pyridine rings is 1. The molecule has 0 bridgehead atoms. The maximum Gasteiger partial charge on any atom is 0.343 e. The Bertz CT molecular complexity index is 1010. The molecule has 0 saturated heterocycles. The molecule has 2 aromatic carbocycles. The number of aryl methyl sites for hydroxylation is 1. The highest BCUT2D eigenvalue weighted by molar-refractivity contribution is 5.91. The van der Waals surface area contributed by atoms with Gasteiger partial charge < -0.3 is 9.47 Å². The molecule has 192 valence electrons. The second kappa shape index (κ2) is 15.8. The van der Waals surface area contributed by atoms with E-state index in [9.17, 15) is 4.79 Å². The van der Waals surface area contributed by atoms with E-state index in [0.717, 1.165) is 36.5 Å². The van der Waals surface area contributed by atoms with Gasteiger partial charge >= 0.3 is 5.97 Å². The summed E-state index contributed by atoms with van der Waals surface area (Å²) in [7, 11) is 0. The first-order valence-corrected chi connectivity index (χ1v) is 13.7. The Labute approximate surface area is 217 Å². The summed E-state index contributed by atoms with van der Waals surface area (Å²) in [4.78, 5) is 17.1. The number of unbranched alkanes of at least 4 members (excludes halogenated alkanes) is 8. The van der Waals surface area contributed by atoms with Crippen molar-refractivity contribution in [3.8, 4) is 22.8 Å². The Morgan fingerprint density at radius 2 is 1.33 bits per heavy atom. The van der Waals surface area contributed by atoms with Gasteiger partial charge in [0.05, 0.1) is 24.1 Å². The van der Waals surface area contributed by atoms with Crippen LogP contribution in [0.15, 0.2) is 66.9 Å². The van der Waals surface area contributed by atoms with E-state index in [-0.39, 0.29) is 5.97 Å². The van der Waals surface area contributed by atoms with Gasteiger partial charge in [-0.1, -0.05) is 77.3 Å². The quantitative estimate of drug-likeness (QED) is 0.115. The maximum absolute atomic E-state index is 12.5. The fourth-order valence-electron chi connectivity index (χ4n) is 4.13. The largest absolute Gasteiger partial charge is 0.492 e. The molecule has 1 heterocycles. The number of esters is 1. The highest BCUT2D eigenvalue weighted by atomic mass is 16.5. The molecule has 0 aliphatic rings. The topological polar surface area (TPSA) is 48.4 Å². The Morgan fingerprint density at radius 1 is 0.694 bits per heavy atom. The van der Waals surface area contributed by atoms with Crippen LogP contribution in [0.3, 0.4) is 0 Å². The molecule has 0 N–H and O–H groups in total. The third kappa shape index (κ3) is 9.49. The van der Waals surface area contributed by atoms with E-state index in [2.05, 4.69) is 18.8 Å². The Kier molecular flexibility index (Phi) is 12.0. The number of ether oxygens (including phenoxy) is 2. The predicted molar refractivity (Wildman–Crippen MR) is 148 cm³/mol. The van der Waals surface area contributed by atoms with Crippen molar-refractivity contribution >= 4 is 5.97 Å². The van der Waals surface area contributed by atoms with E-state index in [0.29, 0.717) is 11.3 Å². The Balaban J connectivity index is 1.43. The molecule has 0 atom stereocenters. The first-order chi connectivity index (χ1) is 17.7. The van der Waals surface area contributed by atoms with Gasteiger partial charge in [0, 0.05) is 5.56 Å². The minimum Gasteiger partial charge on any atom is -0.492 e. The van der Waals surface area contributed by atoms with Crippen molar-refractivity contribution in [2.45, 2.75) is 84.5 Å². The molecule has 1 aromatic heterocycles. The average Bonchev–Trinajstić information content (AvgIpc) is 2.91. The summed E-state index contributed by atoms with van der Waals surface area (Å²) in [5.74, 6) is 0.973. The Hall–Kier alpha value is -3.14. The van der Waals surface area contributed by atoms with Crippen molar-refractivity contribution in [1.29, 1.82) is 0 Å². The first kappa shape index (κ1) is 27.4. The number of aromatic nitrogens is 1. The molecule has 0 radical (unpaired) electrons. The first-order valence-electron chi connectivity index (χ1n) is 13.7. The lowest BCUT2D eigenvalue weighted by Gasteiger charge is -2.08. The van der Waals surface area contributed by atoms with Crippen LogP contribution in [0.5, 0.6) is 11.5 Å². The van der Waals surface area contributed by atoms with Crippen molar-refractivity contribution in [2.24, 2.45) is 0 Å². The van der Waals surface area contributed by atoms with Crippen LogP contribution in [-0.2, 0) is 6.42 Å². The van der Waals surface area contributed by atoms with Gasteiger partial charge in [-0.2, -0.15) is 0 Å². The fraction of sp³-hybridized carbons (Fsp3) is 0.438. The van der Waals surface area contributed by atoms with Gasteiger partial charge in [0.1, 0.15) is 11.5 Å². The van der Waals surface area contributed by atoms with Crippen LogP contribution in [0.2, 0.25) is 0 Å². The predicted octanol–water partition coefficient (Wildman–Crippen LogP) is 8.83. The molecule has 0 saturated carbocycles. The number of carbonyl (C=O) groups excluding carboxylic acids is 1. The smallest absolute Gasteiger partial charge is 0.343 e. The summed E-state index contributed by atoms with van der Waals surface area (Å²) in [5.41, 5.74) is 3.64. The van der Waals surface area contributed by atoms with Gasteiger partial charge in [-0.25, -0.2) is 4.79 Å². The van der Waals surface area contributed by atoms with Crippen LogP contribution < -0.4 is 9.47 Å². The molecule has 0 aliphatic carbocycles. The van der Waals surface area contributed by atoms with Crippen LogP contribution >= 0.6 is 0 Å². The van der Waals surface area contributed by atoms with Crippen LogP contribution in [0, 0.1) is 0 Å². The molecule has 3 aromatic rings. The fourth-order valence-corrected chi connectivity index (χ4v) is 4.13. The molecular weight excluding hydrogens is 446 g/mol. The van der Waals surface area contributed by atoms with Crippen molar-refractivity contribution in [1.82, 2.24) is 4.98 Å². The van der Waals surface area contributed by atoms with Gasteiger partial charge in [-0.05, 0) is 73.4 Å². The van der Waals surface area contributed by atoms with E-state index in [1.165, 1.54) is 63.4 Å². The van der Waals surface area contributed by atoms with Gasteiger partial charge in [0.2, 0.25) is 0 Å². The Morgan fingerprint density at radius 3 is 2.00 bits per heavy atom. The molecule has 4 nitrogen and oxygen atoms in total. The minimum atomic E-state index is -0.344. The van der Waals surface area contributed by atoms with Crippen molar-refractivity contribution in [3.05, 3.63) is 78.0 Å². The number of rotatable bonds is 16. The third-order valence-electron chi connectivity index (χ3n) is 6.37. The SMILES string of the molecule is CCCCCCCCCOc1ccc(-c2ccc(OC(=O)c3ccc(CCCCC)cc3)cc2)nc1. The van der Waals surface area contributed by atoms with Crippen LogP contribution in [0.1, 0.15) is 94.0 Å². The van der Waals surface area contributed by atoms with Crippen LogP contribution in [0.4, 0.5) is 0 Å². The molecule has 4 heteroatoms. The number of benzene rings is 2. The second-order valence-electron chi connectivity index (χ2n) is 9.42. The lowest BCUT2D eigenvalue weighted by molar-refractivity contribution is 0.0734. The summed E-state index contributed by atoms with van der Waals surface area (Å²) in [6.45, 7) is 5.18. The van der Waals surface area contributed by atoms with Crippen molar-refractivity contribution < 1.29 is 14.3 Å². The highest BCUT2D eigenvalue weighted by Gasteiger charge is 2.09. The van der Waals surface area contributed by atoms with E-state index in [1.807, 2.05) is 48.5 Å². The summed E-state index contributed by atoms with van der Waals surface area (Å²) in [6, 6.07) is 19.1. The van der Waals surface area contributed by atoms with Crippen LogP contribution in [-0.4, -0.2) is 17.6 Å². The van der Waals surface area contributed by atoms with Gasteiger partial charge in [0.25, 0.3) is 0 Å². The lowest BCUT2D eigenvalue weighted by Crippen LogP contribution is -2.08. The van der Waals surface area contributed by atoms with E-state index in [1.54, 1.807) is 18.3 Å². The molecule has 0 aliphatic heterocycles. The van der Waals surface area contributed by atoms with E-state index >= 15 is 0 Å². The highest BCUT2D eigenvalue weighted by Crippen LogP contribution is 2.23. The lowest BCUT2D eigenvalue weighted by atomic mass is 10.1. The summed E-state index contributed by atoms with van der Waals surface area (Å²) in [6.07, 6.45) is 15.3. The number of carbonyl (C=O) groups is 1. The molecule has 0 spiro atoms. The van der Waals surface area contributed by atoms with E-state index in [4.69, 9.17) is 9.47 Å². The molecular formula is C32H41NO3. The number of nitrogens with zero attached hydrogens (tertiary/aromatic N) is 1. The van der Waals surface area contributed by atoms with Gasteiger partial charge in [-0.15, -0.1) is 0 Å². The molecule has 0 fully saturated rings. The minimum absolute atomic E-state index is 0.344. The number of hydrogen-bond donors (Lipinski definition) is 0. The zero-order valence-electron chi connectivity index (χ0n) is 22.0. The molecule has 0 unspecified atom stereocenters. The van der Waals surface area contributed by atoms with Crippen molar-refractivity contribution in [2.75, 3.05) is 6.61 Å². The second-order valence-corrected chi connectivity index (χ2v) is 9.42. The van der Waals surface area contributed by atoms with E-state index < -0.39 is 0 Å². The van der Waals surface area contributed by atoms with Crippen molar-refractivity contribution in [3.63, 3.8) is 0 Å². The third-order valence-corrected chi connectivity index (χ3v) is 6.37. The molecule has 0 amide bonds. The van der Waals surface area contributed by atoms with Gasteiger partial charge in [-0.3, -0.25) is 4.98 Å². The molecule has 36 heavy (non-hydrogen) atoms.